The van der Waals surface area contributed by atoms with Gasteiger partial charge in [0.05, 0.1) is 27.6 Å². The molecule has 0 radical (unpaired) electrons. The van der Waals surface area contributed by atoms with E-state index in [1.54, 1.807) is 12.4 Å². The molecule has 5 rings (SSSR count). The Bertz CT molecular complexity index is 1210. The molecule has 3 aromatic heterocycles. The van der Waals surface area contributed by atoms with Gasteiger partial charge in [0.2, 0.25) is 0 Å². The van der Waals surface area contributed by atoms with Crippen molar-refractivity contribution in [2.75, 3.05) is 0 Å². The van der Waals surface area contributed by atoms with Crippen LogP contribution in [0.15, 0.2) is 54.9 Å². The highest BCUT2D eigenvalue weighted by molar-refractivity contribution is 6.21. The Kier molecular flexibility index (Phi) is 2.76. The Labute approximate surface area is 140 Å². The van der Waals surface area contributed by atoms with Crippen molar-refractivity contribution in [1.82, 2.24) is 19.9 Å². The minimum absolute atomic E-state index is 0.163. The number of H-pyrrole nitrogens is 1. The van der Waals surface area contributed by atoms with Gasteiger partial charge in [-0.3, -0.25) is 9.97 Å². The number of fused-ring (bicyclic) bond motifs is 6. The number of benzene rings is 2. The zero-order valence-electron chi connectivity index (χ0n) is 12.9. The first-order valence-electron chi connectivity index (χ1n) is 7.72. The van der Waals surface area contributed by atoms with Crippen LogP contribution in [0.5, 0.6) is 5.75 Å². The zero-order valence-corrected chi connectivity index (χ0v) is 12.9. The lowest BCUT2D eigenvalue weighted by Gasteiger charge is -2.03. The van der Waals surface area contributed by atoms with Crippen molar-refractivity contribution in [2.45, 2.75) is 0 Å². The molecule has 0 spiro atoms. The van der Waals surface area contributed by atoms with Crippen LogP contribution in [0, 0.1) is 5.82 Å². The third-order valence-corrected chi connectivity index (χ3v) is 4.28. The van der Waals surface area contributed by atoms with Crippen LogP contribution in [0.25, 0.3) is 44.2 Å². The summed E-state index contributed by atoms with van der Waals surface area (Å²) in [5.41, 5.74) is 3.53. The number of nitrogens with one attached hydrogen (secondary N) is 1. The quantitative estimate of drug-likeness (QED) is 0.452. The van der Waals surface area contributed by atoms with Crippen LogP contribution in [-0.4, -0.2) is 25.0 Å². The zero-order chi connectivity index (χ0) is 17.0. The molecule has 25 heavy (non-hydrogen) atoms. The van der Waals surface area contributed by atoms with Gasteiger partial charge < -0.3 is 10.1 Å². The van der Waals surface area contributed by atoms with Gasteiger partial charge in [0.25, 0.3) is 0 Å². The van der Waals surface area contributed by atoms with Crippen LogP contribution in [-0.2, 0) is 0 Å². The number of halogens is 1. The molecule has 2 N–H and O–H groups in total. The van der Waals surface area contributed by atoms with Crippen molar-refractivity contribution in [3.05, 3.63) is 60.7 Å². The fourth-order valence-corrected chi connectivity index (χ4v) is 3.18. The van der Waals surface area contributed by atoms with Crippen molar-refractivity contribution < 1.29 is 9.50 Å². The predicted octanol–water partition coefficient (Wildman–Crippen LogP) is 4.17. The van der Waals surface area contributed by atoms with E-state index in [1.807, 2.05) is 24.3 Å². The summed E-state index contributed by atoms with van der Waals surface area (Å²) >= 11 is 0. The topological polar surface area (TPSA) is 74.7 Å². The van der Waals surface area contributed by atoms with Gasteiger partial charge in [0.1, 0.15) is 17.4 Å². The monoisotopic (exact) mass is 330 g/mol. The molecule has 5 aromatic rings. The van der Waals surface area contributed by atoms with Gasteiger partial charge in [-0.05, 0) is 36.4 Å². The van der Waals surface area contributed by atoms with Crippen LogP contribution in [0.3, 0.4) is 0 Å². The van der Waals surface area contributed by atoms with Gasteiger partial charge in [0.15, 0.2) is 0 Å². The molecule has 0 aliphatic rings. The average molecular weight is 330 g/mol. The third kappa shape index (κ3) is 1.97. The molecular formula is C19H11FN4O. The second kappa shape index (κ2) is 4.98. The molecule has 0 aliphatic heterocycles. The number of hydrogen-bond acceptors (Lipinski definition) is 4. The summed E-state index contributed by atoms with van der Waals surface area (Å²) in [6, 6.07) is 11.5. The van der Waals surface area contributed by atoms with Crippen LogP contribution in [0.2, 0.25) is 0 Å². The number of phenols is 1. The van der Waals surface area contributed by atoms with E-state index in [-0.39, 0.29) is 5.75 Å². The predicted molar refractivity (Wildman–Crippen MR) is 93.8 cm³/mol. The third-order valence-electron chi connectivity index (χ3n) is 4.28. The lowest BCUT2D eigenvalue weighted by molar-refractivity contribution is 0.471. The molecule has 2 aromatic carbocycles. The van der Waals surface area contributed by atoms with Crippen molar-refractivity contribution in [2.24, 2.45) is 0 Å². The first kappa shape index (κ1) is 13.9. The molecule has 5 nitrogen and oxygen atoms in total. The summed E-state index contributed by atoms with van der Waals surface area (Å²) in [5.74, 6) is -0.195. The molecule has 120 valence electrons. The molecule has 6 heteroatoms. The van der Waals surface area contributed by atoms with Crippen molar-refractivity contribution in [3.8, 4) is 17.1 Å². The fourth-order valence-electron chi connectivity index (χ4n) is 3.18. The van der Waals surface area contributed by atoms with E-state index in [2.05, 4.69) is 19.9 Å². The largest absolute Gasteiger partial charge is 0.507 e. The molecule has 0 fully saturated rings. The number of hydrogen-bond donors (Lipinski definition) is 2. The van der Waals surface area contributed by atoms with Crippen molar-refractivity contribution in [3.63, 3.8) is 0 Å². The molecule has 0 saturated heterocycles. The van der Waals surface area contributed by atoms with E-state index in [4.69, 9.17) is 0 Å². The normalized spacial score (nSPS) is 11.6. The van der Waals surface area contributed by atoms with Crippen LogP contribution in [0.1, 0.15) is 0 Å². The van der Waals surface area contributed by atoms with E-state index in [0.717, 1.165) is 38.9 Å². The first-order chi connectivity index (χ1) is 12.2. The Morgan fingerprint density at radius 3 is 2.36 bits per heavy atom. The van der Waals surface area contributed by atoms with Crippen molar-refractivity contribution >= 4 is 32.8 Å². The number of nitrogens with zero attached hydrogens (tertiary/aromatic N) is 3. The number of aromatic nitrogens is 4. The number of aromatic hydroxyl groups is 1. The number of aromatic amines is 1. The number of phenolic OH excluding ortho intramolecular Hbond substituents is 1. The maximum absolute atomic E-state index is 13.3. The van der Waals surface area contributed by atoms with Crippen LogP contribution in [0.4, 0.5) is 4.39 Å². The van der Waals surface area contributed by atoms with E-state index in [9.17, 15) is 9.50 Å². The SMILES string of the molecule is Oc1cc(F)ccc1-c1nc2c3cccnc3c3ncccc3c2[nH]1. The van der Waals surface area contributed by atoms with E-state index in [0.29, 0.717) is 11.4 Å². The van der Waals surface area contributed by atoms with Gasteiger partial charge in [0, 0.05) is 29.2 Å². The number of imidazole rings is 1. The molecule has 3 heterocycles. The fraction of sp³-hybridized carbons (Fsp3) is 0. The number of pyridine rings is 2. The van der Waals surface area contributed by atoms with Gasteiger partial charge in [-0.25, -0.2) is 9.37 Å². The van der Waals surface area contributed by atoms with E-state index >= 15 is 0 Å². The molecule has 0 aliphatic carbocycles. The lowest BCUT2D eigenvalue weighted by atomic mass is 10.1. The van der Waals surface area contributed by atoms with E-state index < -0.39 is 5.82 Å². The second-order valence-corrected chi connectivity index (χ2v) is 5.77. The Hall–Kier alpha value is -3.54. The Balaban J connectivity index is 1.94. The highest BCUT2D eigenvalue weighted by atomic mass is 19.1. The number of rotatable bonds is 1. The minimum Gasteiger partial charge on any atom is -0.507 e. The maximum atomic E-state index is 13.3. The second-order valence-electron chi connectivity index (χ2n) is 5.77. The van der Waals surface area contributed by atoms with Gasteiger partial charge >= 0.3 is 0 Å². The first-order valence-corrected chi connectivity index (χ1v) is 7.72. The summed E-state index contributed by atoms with van der Waals surface area (Å²) in [4.78, 5) is 16.8. The van der Waals surface area contributed by atoms with Gasteiger partial charge in [-0.2, -0.15) is 0 Å². The minimum atomic E-state index is -0.498. The van der Waals surface area contributed by atoms with Crippen LogP contribution >= 0.6 is 0 Å². The molecule has 0 atom stereocenters. The van der Waals surface area contributed by atoms with E-state index in [1.165, 1.54) is 12.1 Å². The smallest absolute Gasteiger partial charge is 0.142 e. The van der Waals surface area contributed by atoms with Crippen molar-refractivity contribution in [1.29, 1.82) is 0 Å². The summed E-state index contributed by atoms with van der Waals surface area (Å²) in [7, 11) is 0. The Morgan fingerprint density at radius 1 is 0.880 bits per heavy atom. The summed E-state index contributed by atoms with van der Waals surface area (Å²) < 4.78 is 13.3. The summed E-state index contributed by atoms with van der Waals surface area (Å²) in [6.45, 7) is 0. The summed E-state index contributed by atoms with van der Waals surface area (Å²) in [6.07, 6.45) is 3.45. The highest BCUT2D eigenvalue weighted by Gasteiger charge is 2.16. The molecular weight excluding hydrogens is 319 g/mol. The standard InChI is InChI=1S/C19H11FN4O/c20-10-5-6-11(14(25)9-10)19-23-17-12-3-1-7-21-15(12)16-13(18(17)24-19)4-2-8-22-16/h1-9,25H,(H,23,24). The highest BCUT2D eigenvalue weighted by Crippen LogP contribution is 2.35. The summed E-state index contributed by atoms with van der Waals surface area (Å²) in [5, 5.41) is 11.8. The lowest BCUT2D eigenvalue weighted by Crippen LogP contribution is -1.86. The molecule has 0 unspecified atom stereocenters. The molecule has 0 saturated carbocycles. The van der Waals surface area contributed by atoms with Crippen LogP contribution < -0.4 is 0 Å². The van der Waals surface area contributed by atoms with Gasteiger partial charge in [-0.15, -0.1) is 0 Å². The van der Waals surface area contributed by atoms with Gasteiger partial charge in [-0.1, -0.05) is 0 Å². The molecule has 0 bridgehead atoms. The maximum Gasteiger partial charge on any atom is 0.142 e. The molecule has 0 amide bonds. The Morgan fingerprint density at radius 2 is 1.60 bits per heavy atom. The average Bonchev–Trinajstić information content (AvgIpc) is 3.07.